The van der Waals surface area contributed by atoms with Crippen molar-refractivity contribution in [2.75, 3.05) is 6.54 Å². The van der Waals surface area contributed by atoms with Crippen molar-refractivity contribution in [1.82, 2.24) is 30.3 Å². The predicted octanol–water partition coefficient (Wildman–Crippen LogP) is 0.863. The number of hydrogen-bond donors (Lipinski definition) is 1. The van der Waals surface area contributed by atoms with Gasteiger partial charge in [-0.15, -0.1) is 0 Å². The highest BCUT2D eigenvalue weighted by atomic mass is 16.5. The van der Waals surface area contributed by atoms with E-state index < -0.39 is 0 Å². The number of aromatic nitrogens is 4. The van der Waals surface area contributed by atoms with Crippen LogP contribution in [0, 0.1) is 5.92 Å². The highest BCUT2D eigenvalue weighted by Crippen LogP contribution is 2.37. The number of amides is 2. The van der Waals surface area contributed by atoms with E-state index in [1.54, 1.807) is 0 Å². The number of rotatable bonds is 6. The summed E-state index contributed by atoms with van der Waals surface area (Å²) in [5.41, 5.74) is 0.364. The lowest BCUT2D eigenvalue weighted by molar-refractivity contribution is -0.129. The zero-order valence-corrected chi connectivity index (χ0v) is 13.6. The van der Waals surface area contributed by atoms with Gasteiger partial charge in [0.25, 0.3) is 5.91 Å². The Kier molecular flexibility index (Phi) is 4.12. The van der Waals surface area contributed by atoms with Gasteiger partial charge >= 0.3 is 0 Å². The lowest BCUT2D eigenvalue weighted by Gasteiger charge is -2.21. The molecule has 9 nitrogen and oxygen atoms in total. The van der Waals surface area contributed by atoms with E-state index in [0.717, 1.165) is 6.54 Å². The van der Waals surface area contributed by atoms with Gasteiger partial charge in [0.05, 0.1) is 12.1 Å². The standard InChI is InChI=1S/C16H18N6O3/c23-14-4-3-12(22(14)8-10-1-2-10)16-20-13(21-25-16)7-19-15(24)11-5-17-9-18-6-11/h5-6,9-10,12H,1-4,7-8H2,(H,19,24)/t12-/m0/s1. The van der Waals surface area contributed by atoms with Crippen LogP contribution < -0.4 is 5.32 Å². The molecular formula is C16H18N6O3. The number of hydrogen-bond acceptors (Lipinski definition) is 7. The van der Waals surface area contributed by atoms with Gasteiger partial charge in [-0.1, -0.05) is 5.16 Å². The Morgan fingerprint density at radius 1 is 1.28 bits per heavy atom. The molecule has 0 spiro atoms. The third-order valence-electron chi connectivity index (χ3n) is 4.48. The lowest BCUT2D eigenvalue weighted by atomic mass is 10.2. The maximum absolute atomic E-state index is 12.1. The molecule has 1 aliphatic heterocycles. The zero-order chi connectivity index (χ0) is 17.2. The van der Waals surface area contributed by atoms with Crippen LogP contribution in [0.3, 0.4) is 0 Å². The molecule has 0 unspecified atom stereocenters. The van der Waals surface area contributed by atoms with Gasteiger partial charge in [0, 0.05) is 25.4 Å². The Balaban J connectivity index is 1.38. The summed E-state index contributed by atoms with van der Waals surface area (Å²) >= 11 is 0. The molecule has 25 heavy (non-hydrogen) atoms. The minimum atomic E-state index is -0.307. The summed E-state index contributed by atoms with van der Waals surface area (Å²) in [4.78, 5) is 37.9. The van der Waals surface area contributed by atoms with Crippen molar-refractivity contribution in [3.63, 3.8) is 0 Å². The van der Waals surface area contributed by atoms with Crippen LogP contribution in [0.15, 0.2) is 23.2 Å². The Hall–Kier alpha value is -2.84. The van der Waals surface area contributed by atoms with E-state index in [4.69, 9.17) is 4.52 Å². The first kappa shape index (κ1) is 15.7. The molecule has 1 atom stereocenters. The van der Waals surface area contributed by atoms with Gasteiger partial charge in [-0.25, -0.2) is 9.97 Å². The predicted molar refractivity (Wildman–Crippen MR) is 83.9 cm³/mol. The van der Waals surface area contributed by atoms with Crippen molar-refractivity contribution in [2.45, 2.75) is 38.3 Å². The molecule has 1 saturated carbocycles. The molecule has 2 aromatic rings. The van der Waals surface area contributed by atoms with Crippen LogP contribution in [0.4, 0.5) is 0 Å². The van der Waals surface area contributed by atoms with Crippen molar-refractivity contribution in [2.24, 2.45) is 5.92 Å². The molecule has 2 aliphatic rings. The number of nitrogens with zero attached hydrogens (tertiary/aromatic N) is 5. The molecular weight excluding hydrogens is 324 g/mol. The highest BCUT2D eigenvalue weighted by molar-refractivity contribution is 5.93. The van der Waals surface area contributed by atoms with Gasteiger partial charge in [-0.3, -0.25) is 9.59 Å². The molecule has 0 radical (unpaired) electrons. The van der Waals surface area contributed by atoms with Crippen LogP contribution in [0.2, 0.25) is 0 Å². The third kappa shape index (κ3) is 3.49. The fraction of sp³-hybridized carbons (Fsp3) is 0.500. The normalized spacial score (nSPS) is 20.1. The molecule has 130 valence electrons. The van der Waals surface area contributed by atoms with Crippen LogP contribution in [-0.4, -0.2) is 43.4 Å². The van der Waals surface area contributed by atoms with Crippen molar-refractivity contribution in [3.8, 4) is 0 Å². The van der Waals surface area contributed by atoms with E-state index in [-0.39, 0.29) is 24.4 Å². The molecule has 3 heterocycles. The largest absolute Gasteiger partial charge is 0.345 e. The molecule has 4 rings (SSSR count). The van der Waals surface area contributed by atoms with Gasteiger partial charge < -0.3 is 14.7 Å². The molecule has 1 N–H and O–H groups in total. The summed E-state index contributed by atoms with van der Waals surface area (Å²) in [6.45, 7) is 0.909. The highest BCUT2D eigenvalue weighted by Gasteiger charge is 2.38. The molecule has 0 aromatic carbocycles. The average Bonchev–Trinajstić information content (AvgIpc) is 3.22. The van der Waals surface area contributed by atoms with E-state index in [1.807, 2.05) is 4.90 Å². The van der Waals surface area contributed by atoms with Gasteiger partial charge in [-0.05, 0) is 25.2 Å². The quantitative estimate of drug-likeness (QED) is 0.828. The van der Waals surface area contributed by atoms with Crippen LogP contribution in [0.1, 0.15) is 53.8 Å². The summed E-state index contributed by atoms with van der Waals surface area (Å²) in [6.07, 6.45) is 7.80. The van der Waals surface area contributed by atoms with Crippen LogP contribution in [-0.2, 0) is 11.3 Å². The van der Waals surface area contributed by atoms with Gasteiger partial charge in [-0.2, -0.15) is 4.98 Å². The molecule has 1 aliphatic carbocycles. The fourth-order valence-electron chi connectivity index (χ4n) is 2.95. The number of nitrogens with one attached hydrogen (secondary N) is 1. The number of carbonyl (C=O) groups is 2. The van der Waals surface area contributed by atoms with Gasteiger partial charge in [0.2, 0.25) is 11.8 Å². The minimum absolute atomic E-state index is 0.139. The lowest BCUT2D eigenvalue weighted by Crippen LogP contribution is -2.30. The molecule has 0 bridgehead atoms. The third-order valence-corrected chi connectivity index (χ3v) is 4.48. The van der Waals surface area contributed by atoms with Gasteiger partial charge in [0.15, 0.2) is 5.82 Å². The maximum atomic E-state index is 12.1. The minimum Gasteiger partial charge on any atom is -0.345 e. The Morgan fingerprint density at radius 2 is 2.08 bits per heavy atom. The Bertz CT molecular complexity index is 773. The molecule has 2 aromatic heterocycles. The second kappa shape index (κ2) is 6.58. The number of carbonyl (C=O) groups excluding carboxylic acids is 2. The summed E-state index contributed by atoms with van der Waals surface area (Å²) < 4.78 is 5.34. The van der Waals surface area contributed by atoms with Crippen molar-refractivity contribution >= 4 is 11.8 Å². The van der Waals surface area contributed by atoms with Crippen LogP contribution in [0.25, 0.3) is 0 Å². The summed E-state index contributed by atoms with van der Waals surface area (Å²) in [7, 11) is 0. The smallest absolute Gasteiger partial charge is 0.254 e. The number of likely N-dealkylation sites (tertiary alicyclic amines) is 1. The Morgan fingerprint density at radius 3 is 2.84 bits per heavy atom. The average molecular weight is 342 g/mol. The summed E-state index contributed by atoms with van der Waals surface area (Å²) in [5, 5.41) is 6.61. The Labute approximate surface area is 143 Å². The van der Waals surface area contributed by atoms with E-state index in [9.17, 15) is 9.59 Å². The van der Waals surface area contributed by atoms with Crippen molar-refractivity contribution < 1.29 is 14.1 Å². The maximum Gasteiger partial charge on any atom is 0.254 e. The first-order chi connectivity index (χ1) is 12.2. The molecule has 1 saturated heterocycles. The van der Waals surface area contributed by atoms with Crippen LogP contribution >= 0.6 is 0 Å². The first-order valence-electron chi connectivity index (χ1n) is 8.36. The van der Waals surface area contributed by atoms with E-state index in [1.165, 1.54) is 31.6 Å². The first-order valence-corrected chi connectivity index (χ1v) is 8.36. The topological polar surface area (TPSA) is 114 Å². The second-order valence-corrected chi connectivity index (χ2v) is 6.40. The van der Waals surface area contributed by atoms with E-state index in [0.29, 0.717) is 36.0 Å². The van der Waals surface area contributed by atoms with Crippen molar-refractivity contribution in [1.29, 1.82) is 0 Å². The zero-order valence-electron chi connectivity index (χ0n) is 13.6. The second-order valence-electron chi connectivity index (χ2n) is 6.40. The van der Waals surface area contributed by atoms with Crippen molar-refractivity contribution in [3.05, 3.63) is 36.0 Å². The summed E-state index contributed by atoms with van der Waals surface area (Å²) in [6, 6.07) is -0.146. The monoisotopic (exact) mass is 342 g/mol. The fourth-order valence-corrected chi connectivity index (χ4v) is 2.95. The van der Waals surface area contributed by atoms with Crippen LogP contribution in [0.5, 0.6) is 0 Å². The van der Waals surface area contributed by atoms with Gasteiger partial charge in [0.1, 0.15) is 12.4 Å². The molecule has 2 fully saturated rings. The summed E-state index contributed by atoms with van der Waals surface area (Å²) in [5.74, 6) is 1.27. The molecule has 9 heteroatoms. The molecule has 2 amide bonds. The van der Waals surface area contributed by atoms with E-state index in [2.05, 4.69) is 25.4 Å². The SMILES string of the molecule is O=C(NCc1noc([C@@H]2CCC(=O)N2CC2CC2)n1)c1cncnc1. The van der Waals surface area contributed by atoms with E-state index >= 15 is 0 Å².